The van der Waals surface area contributed by atoms with Gasteiger partial charge in [-0.25, -0.2) is 9.59 Å². The number of carboxylic acids is 2. The quantitative estimate of drug-likeness (QED) is 0.645. The van der Waals surface area contributed by atoms with Crippen molar-refractivity contribution in [1.82, 2.24) is 0 Å². The predicted molar refractivity (Wildman–Crippen MR) is 73.9 cm³/mol. The molecular formula is C15H12O6. The van der Waals surface area contributed by atoms with Gasteiger partial charge < -0.3 is 20.4 Å². The Labute approximate surface area is 119 Å². The van der Waals surface area contributed by atoms with Crippen LogP contribution in [-0.4, -0.2) is 32.4 Å². The van der Waals surface area contributed by atoms with Crippen molar-refractivity contribution >= 4 is 11.9 Å². The number of phenolic OH excluding ortho intramolecular Hbond substituents is 2. The summed E-state index contributed by atoms with van der Waals surface area (Å²) in [5.41, 5.74) is 0.116. The number of carboxylic acid groups (broad SMARTS) is 2. The third-order valence-electron chi connectivity index (χ3n) is 3.18. The van der Waals surface area contributed by atoms with Crippen molar-refractivity contribution in [3.05, 3.63) is 47.0 Å². The average molecular weight is 288 g/mol. The summed E-state index contributed by atoms with van der Waals surface area (Å²) in [5, 5.41) is 37.9. The van der Waals surface area contributed by atoms with Crippen LogP contribution in [-0.2, 0) is 0 Å². The Balaban J connectivity index is 2.84. The first-order chi connectivity index (χ1) is 9.82. The van der Waals surface area contributed by atoms with Crippen LogP contribution in [0.1, 0.15) is 26.3 Å². The molecule has 0 fully saturated rings. The highest BCUT2D eigenvalue weighted by atomic mass is 16.4. The maximum atomic E-state index is 11.3. The number of rotatable bonds is 3. The molecule has 0 bridgehead atoms. The van der Waals surface area contributed by atoms with E-state index in [9.17, 15) is 24.9 Å². The van der Waals surface area contributed by atoms with E-state index in [1.807, 2.05) is 0 Å². The fourth-order valence-corrected chi connectivity index (χ4v) is 2.10. The second-order valence-electron chi connectivity index (χ2n) is 4.47. The van der Waals surface area contributed by atoms with Gasteiger partial charge in [-0.3, -0.25) is 0 Å². The van der Waals surface area contributed by atoms with Crippen LogP contribution in [0.15, 0.2) is 30.3 Å². The average Bonchev–Trinajstić information content (AvgIpc) is 2.43. The molecule has 2 aromatic rings. The normalized spacial score (nSPS) is 10.3. The molecule has 0 spiro atoms. The van der Waals surface area contributed by atoms with E-state index >= 15 is 0 Å². The topological polar surface area (TPSA) is 115 Å². The first-order valence-electron chi connectivity index (χ1n) is 5.95. The minimum atomic E-state index is -1.26. The summed E-state index contributed by atoms with van der Waals surface area (Å²) in [6.45, 7) is 1.50. The Hall–Kier alpha value is -3.02. The summed E-state index contributed by atoms with van der Waals surface area (Å²) in [5.74, 6) is -2.84. The number of hydrogen-bond acceptors (Lipinski definition) is 4. The predicted octanol–water partition coefficient (Wildman–Crippen LogP) is 2.47. The summed E-state index contributed by atoms with van der Waals surface area (Å²) in [7, 11) is 0. The number of hydrogen-bond donors (Lipinski definition) is 4. The summed E-state index contributed by atoms with van der Waals surface area (Å²) >= 11 is 0. The van der Waals surface area contributed by atoms with E-state index in [0.29, 0.717) is 0 Å². The first-order valence-corrected chi connectivity index (χ1v) is 5.95. The largest absolute Gasteiger partial charge is 0.508 e. The van der Waals surface area contributed by atoms with Gasteiger partial charge in [0.05, 0.1) is 11.1 Å². The van der Waals surface area contributed by atoms with Crippen molar-refractivity contribution in [3.8, 4) is 22.6 Å². The number of phenols is 2. The molecule has 0 saturated carbocycles. The van der Waals surface area contributed by atoms with Gasteiger partial charge in [-0.05, 0) is 37.3 Å². The van der Waals surface area contributed by atoms with Gasteiger partial charge in [0.25, 0.3) is 0 Å². The lowest BCUT2D eigenvalue weighted by atomic mass is 9.93. The van der Waals surface area contributed by atoms with Crippen molar-refractivity contribution in [2.45, 2.75) is 6.92 Å². The van der Waals surface area contributed by atoms with E-state index in [-0.39, 0.29) is 39.3 Å². The van der Waals surface area contributed by atoms with E-state index in [0.717, 1.165) is 12.1 Å². The number of aromatic carboxylic acids is 2. The smallest absolute Gasteiger partial charge is 0.336 e. The third kappa shape index (κ3) is 2.51. The zero-order valence-electron chi connectivity index (χ0n) is 11.0. The van der Waals surface area contributed by atoms with Gasteiger partial charge in [-0.15, -0.1) is 0 Å². The van der Waals surface area contributed by atoms with Crippen molar-refractivity contribution in [2.24, 2.45) is 0 Å². The molecule has 0 aliphatic heterocycles. The monoisotopic (exact) mass is 288 g/mol. The van der Waals surface area contributed by atoms with Gasteiger partial charge >= 0.3 is 11.9 Å². The molecule has 2 aromatic carbocycles. The standard InChI is InChI=1S/C15H12O6/c1-7-11(16)4-5-12(17)13(7)10-6-8(14(18)19)2-3-9(10)15(20)21/h2-6,16-17H,1H3,(H,18,19)(H,20,21). The Morgan fingerprint density at radius 3 is 2.10 bits per heavy atom. The summed E-state index contributed by atoms with van der Waals surface area (Å²) in [6.07, 6.45) is 0. The van der Waals surface area contributed by atoms with Gasteiger partial charge in [-0.2, -0.15) is 0 Å². The van der Waals surface area contributed by atoms with E-state index in [4.69, 9.17) is 5.11 Å². The summed E-state index contributed by atoms with van der Waals surface area (Å²) in [4.78, 5) is 22.3. The Bertz CT molecular complexity index is 748. The van der Waals surface area contributed by atoms with E-state index in [1.54, 1.807) is 0 Å². The molecule has 4 N–H and O–H groups in total. The van der Waals surface area contributed by atoms with Crippen molar-refractivity contribution in [1.29, 1.82) is 0 Å². The number of carbonyl (C=O) groups is 2. The molecule has 6 heteroatoms. The maximum Gasteiger partial charge on any atom is 0.336 e. The number of benzene rings is 2. The van der Waals surface area contributed by atoms with Crippen molar-refractivity contribution in [3.63, 3.8) is 0 Å². The minimum absolute atomic E-state index is 0.0355. The van der Waals surface area contributed by atoms with Gasteiger partial charge in [0, 0.05) is 16.7 Å². The molecule has 0 aliphatic rings. The minimum Gasteiger partial charge on any atom is -0.508 e. The molecule has 0 unspecified atom stereocenters. The second kappa shape index (κ2) is 5.16. The zero-order chi connectivity index (χ0) is 15.7. The molecule has 0 saturated heterocycles. The Morgan fingerprint density at radius 1 is 0.905 bits per heavy atom. The molecule has 108 valence electrons. The van der Waals surface area contributed by atoms with Gasteiger partial charge in [0.15, 0.2) is 0 Å². The molecule has 0 amide bonds. The Morgan fingerprint density at radius 2 is 1.52 bits per heavy atom. The highest BCUT2D eigenvalue weighted by Gasteiger charge is 2.20. The third-order valence-corrected chi connectivity index (χ3v) is 3.18. The highest BCUT2D eigenvalue weighted by molar-refractivity contribution is 6.00. The summed E-state index contributed by atoms with van der Waals surface area (Å²) < 4.78 is 0. The van der Waals surface area contributed by atoms with Crippen LogP contribution in [0.5, 0.6) is 11.5 Å². The van der Waals surface area contributed by atoms with E-state index in [1.165, 1.54) is 25.1 Å². The van der Waals surface area contributed by atoms with Crippen LogP contribution in [0.2, 0.25) is 0 Å². The van der Waals surface area contributed by atoms with E-state index < -0.39 is 11.9 Å². The lowest BCUT2D eigenvalue weighted by molar-refractivity contribution is 0.0682. The first kappa shape index (κ1) is 14.4. The number of aromatic hydroxyl groups is 2. The van der Waals surface area contributed by atoms with Crippen LogP contribution >= 0.6 is 0 Å². The second-order valence-corrected chi connectivity index (χ2v) is 4.47. The Kier molecular flexibility index (Phi) is 3.54. The molecule has 2 rings (SSSR count). The fourth-order valence-electron chi connectivity index (χ4n) is 2.10. The van der Waals surface area contributed by atoms with Crippen LogP contribution in [0, 0.1) is 6.92 Å². The lowest BCUT2D eigenvalue weighted by Crippen LogP contribution is -2.04. The zero-order valence-corrected chi connectivity index (χ0v) is 11.0. The SMILES string of the molecule is Cc1c(O)ccc(O)c1-c1cc(C(=O)O)ccc1C(=O)O. The fraction of sp³-hybridized carbons (Fsp3) is 0.0667. The molecule has 0 heterocycles. The van der Waals surface area contributed by atoms with Crippen LogP contribution in [0.4, 0.5) is 0 Å². The van der Waals surface area contributed by atoms with E-state index in [2.05, 4.69) is 0 Å². The van der Waals surface area contributed by atoms with Crippen LogP contribution < -0.4 is 0 Å². The molecule has 0 aliphatic carbocycles. The van der Waals surface area contributed by atoms with Crippen molar-refractivity contribution < 1.29 is 30.0 Å². The van der Waals surface area contributed by atoms with Gasteiger partial charge in [0.2, 0.25) is 0 Å². The maximum absolute atomic E-state index is 11.3. The van der Waals surface area contributed by atoms with Gasteiger partial charge in [-0.1, -0.05) is 0 Å². The molecule has 21 heavy (non-hydrogen) atoms. The van der Waals surface area contributed by atoms with Crippen LogP contribution in [0.3, 0.4) is 0 Å². The lowest BCUT2D eigenvalue weighted by Gasteiger charge is -2.13. The summed E-state index contributed by atoms with van der Waals surface area (Å²) in [6, 6.07) is 5.98. The molecule has 6 nitrogen and oxygen atoms in total. The molecule has 0 atom stereocenters. The van der Waals surface area contributed by atoms with Crippen LogP contribution in [0.25, 0.3) is 11.1 Å². The molecule has 0 aromatic heterocycles. The van der Waals surface area contributed by atoms with Crippen molar-refractivity contribution in [2.75, 3.05) is 0 Å². The molecule has 0 radical (unpaired) electrons. The van der Waals surface area contributed by atoms with Gasteiger partial charge in [0.1, 0.15) is 11.5 Å². The molecular weight excluding hydrogens is 276 g/mol. The highest BCUT2D eigenvalue weighted by Crippen LogP contribution is 2.39.